The molecule has 28 heteroatoms. The Morgan fingerprint density at radius 3 is 2.40 bits per heavy atom. The van der Waals surface area contributed by atoms with Crippen LogP contribution in [0.25, 0.3) is 21.9 Å². The number of carbonyl (C=O) groups is 3. The topological polar surface area (TPSA) is 364 Å². The molecule has 3 heterocycles. The fourth-order valence-electron chi connectivity index (χ4n) is 6.01. The Hall–Kier alpha value is -3.74. The number of ether oxygens (including phenoxy) is 1. The van der Waals surface area contributed by atoms with Crippen LogP contribution < -0.4 is 16.4 Å². The zero-order valence-corrected chi connectivity index (χ0v) is 36.5. The first-order valence-electron chi connectivity index (χ1n) is 18.6. The maximum Gasteiger partial charge on any atom is 0.481 e. The molecule has 24 nitrogen and oxygen atoms in total. The average Bonchev–Trinajstić information content (AvgIpc) is 3.76. The van der Waals surface area contributed by atoms with Gasteiger partial charge in [0.25, 0.3) is 0 Å². The summed E-state index contributed by atoms with van der Waals surface area (Å²) in [7, 11) is -16.4. The van der Waals surface area contributed by atoms with Crippen molar-refractivity contribution in [2.24, 2.45) is 5.41 Å². The number of carbonyl (C=O) groups excluding carboxylic acids is 3. The van der Waals surface area contributed by atoms with Crippen molar-refractivity contribution >= 4 is 79.9 Å². The summed E-state index contributed by atoms with van der Waals surface area (Å²) in [5.41, 5.74) is 5.31. The van der Waals surface area contributed by atoms with E-state index in [1.165, 1.54) is 13.8 Å². The summed E-state index contributed by atoms with van der Waals surface area (Å²) in [6, 6.07) is 14.0. The lowest BCUT2D eigenvalue weighted by atomic mass is 9.87. The van der Waals surface area contributed by atoms with Gasteiger partial charge in [0, 0.05) is 37.1 Å². The number of anilines is 1. The molecule has 1 fully saturated rings. The monoisotopic (exact) mass is 949 g/mol. The van der Waals surface area contributed by atoms with Gasteiger partial charge in [-0.1, -0.05) is 68.1 Å². The maximum absolute atomic E-state index is 12.7. The van der Waals surface area contributed by atoms with E-state index in [9.17, 15) is 57.9 Å². The molecule has 10 N–H and O–H groups in total. The number of fused-ring (bicyclic) bond motifs is 2. The van der Waals surface area contributed by atoms with Gasteiger partial charge in [0.2, 0.25) is 11.8 Å². The van der Waals surface area contributed by atoms with Crippen molar-refractivity contribution in [1.29, 1.82) is 0 Å². The highest BCUT2D eigenvalue weighted by Gasteiger charge is 2.50. The van der Waals surface area contributed by atoms with Crippen molar-refractivity contribution in [2.45, 2.75) is 63.8 Å². The zero-order chi connectivity index (χ0) is 45.5. The Kier molecular flexibility index (Phi) is 16.6. The molecule has 1 aliphatic heterocycles. The number of aliphatic hydroxyl groups is 2. The molecule has 2 aromatic carbocycles. The summed E-state index contributed by atoms with van der Waals surface area (Å²) in [5, 5.41) is 28.7. The molecule has 2 unspecified atom stereocenters. The van der Waals surface area contributed by atoms with Crippen LogP contribution in [0.5, 0.6) is 0 Å². The van der Waals surface area contributed by atoms with Crippen molar-refractivity contribution in [2.75, 3.05) is 37.8 Å². The summed E-state index contributed by atoms with van der Waals surface area (Å²) in [6.45, 7) is 0.478. The number of thioether (sulfide) groups is 1. The molecule has 340 valence electrons. The molecule has 0 radical (unpaired) electrons. The van der Waals surface area contributed by atoms with Crippen LogP contribution in [0.15, 0.2) is 55.1 Å². The summed E-state index contributed by atoms with van der Waals surface area (Å²) < 4.78 is 62.3. The van der Waals surface area contributed by atoms with E-state index in [-0.39, 0.29) is 41.6 Å². The molecular formula is C34H46N7O17P3S. The number of aromatic nitrogens is 4. The molecule has 0 aliphatic carbocycles. The van der Waals surface area contributed by atoms with E-state index in [0.717, 1.165) is 45.3 Å². The predicted molar refractivity (Wildman–Crippen MR) is 219 cm³/mol. The molecule has 0 spiro atoms. The standard InChI is InChI=1S/C34H46N7O17P3S/c1-34(2,29(45)32(46)37-12-11-24(42)36-13-14-62-25(43)10-8-20-7-9-21-5-3-4-6-22(21)15-20)17-55-61(52,53)58-60(50,51)54-16-23-28(57-59(47,48)49)27(44)33(56-23)41-19-40-26-30(35)38-18-39-31(26)41/h3-7,9,15,18-19,23,27-29,33,44-45H,8,10-14,16-17H2,1-2H3,(H,36,42)(H,37,46)(H,50,51)(H,52,53)(H2,35,38,39)(H2,47,48,49)/t23-,27-,28-,29+,33-/m1/s1. The molecule has 2 aromatic heterocycles. The number of aryl methyl sites for hydroxylation is 1. The van der Waals surface area contributed by atoms with Crippen molar-refractivity contribution in [3.8, 4) is 0 Å². The number of rotatable bonds is 22. The molecule has 1 saturated heterocycles. The summed E-state index contributed by atoms with van der Waals surface area (Å²) in [4.78, 5) is 88.4. The van der Waals surface area contributed by atoms with Crippen LogP contribution in [0.4, 0.5) is 5.82 Å². The Morgan fingerprint density at radius 1 is 0.968 bits per heavy atom. The van der Waals surface area contributed by atoms with Crippen molar-refractivity contribution in [3.63, 3.8) is 0 Å². The van der Waals surface area contributed by atoms with Crippen molar-refractivity contribution < 1.29 is 80.5 Å². The lowest BCUT2D eigenvalue weighted by Gasteiger charge is -2.30. The van der Waals surface area contributed by atoms with Gasteiger partial charge in [-0.2, -0.15) is 4.31 Å². The molecule has 62 heavy (non-hydrogen) atoms. The second kappa shape index (κ2) is 20.8. The third kappa shape index (κ3) is 13.9. The highest BCUT2D eigenvalue weighted by atomic mass is 32.2. The van der Waals surface area contributed by atoms with E-state index in [2.05, 4.69) is 34.4 Å². The van der Waals surface area contributed by atoms with Crippen LogP contribution in [-0.4, -0.2) is 123 Å². The number of imidazole rings is 1. The van der Waals surface area contributed by atoms with Crippen LogP contribution in [0.2, 0.25) is 0 Å². The van der Waals surface area contributed by atoms with E-state index in [1.54, 1.807) is 0 Å². The number of benzene rings is 2. The van der Waals surface area contributed by atoms with E-state index >= 15 is 0 Å². The van der Waals surface area contributed by atoms with E-state index in [1.807, 2.05) is 42.5 Å². The third-order valence-electron chi connectivity index (χ3n) is 9.20. The number of hydrogen-bond donors (Lipinski definition) is 9. The first kappa shape index (κ1) is 49.3. The molecule has 1 aliphatic rings. The molecule has 4 aromatic rings. The molecule has 0 bridgehead atoms. The van der Waals surface area contributed by atoms with Crippen LogP contribution in [0, 0.1) is 5.41 Å². The lowest BCUT2D eigenvalue weighted by Crippen LogP contribution is -2.46. The minimum atomic E-state index is -5.58. The number of phosphoric ester groups is 3. The second-order valence-corrected chi connectivity index (χ2v) is 19.9. The predicted octanol–water partition coefficient (Wildman–Crippen LogP) is 1.45. The summed E-state index contributed by atoms with van der Waals surface area (Å²) in [6.07, 6.45) is -6.02. The van der Waals surface area contributed by atoms with Gasteiger partial charge in [0.1, 0.15) is 36.3 Å². The van der Waals surface area contributed by atoms with Gasteiger partial charge in [-0.25, -0.2) is 28.6 Å². The largest absolute Gasteiger partial charge is 0.481 e. The van der Waals surface area contributed by atoms with Crippen LogP contribution in [-0.2, 0) is 57.1 Å². The number of aliphatic hydroxyl groups excluding tert-OH is 2. The van der Waals surface area contributed by atoms with E-state index in [4.69, 9.17) is 19.5 Å². The second-order valence-electron chi connectivity index (χ2n) is 14.5. The third-order valence-corrected chi connectivity index (χ3v) is 13.2. The van der Waals surface area contributed by atoms with Gasteiger partial charge < -0.3 is 50.9 Å². The number of nitrogens with one attached hydrogen (secondary N) is 2. The summed E-state index contributed by atoms with van der Waals surface area (Å²) in [5.74, 6) is -1.12. The first-order chi connectivity index (χ1) is 29.0. The molecule has 2 amide bonds. The van der Waals surface area contributed by atoms with Gasteiger partial charge in [-0.05, 0) is 22.8 Å². The quantitative estimate of drug-likeness (QED) is 0.0397. The lowest BCUT2D eigenvalue weighted by molar-refractivity contribution is -0.137. The number of nitrogen functional groups attached to an aromatic ring is 1. The molecule has 0 saturated carbocycles. The van der Waals surface area contributed by atoms with Gasteiger partial charge in [0.15, 0.2) is 22.8 Å². The Bertz CT molecular complexity index is 2390. The zero-order valence-electron chi connectivity index (χ0n) is 33.0. The van der Waals surface area contributed by atoms with Crippen LogP contribution >= 0.6 is 35.2 Å². The molecule has 7 atom stereocenters. The van der Waals surface area contributed by atoms with Crippen molar-refractivity contribution in [1.82, 2.24) is 30.2 Å². The average molecular weight is 950 g/mol. The Labute approximate surface area is 357 Å². The molecule has 5 rings (SSSR count). The number of nitrogens with zero attached hydrogens (tertiary/aromatic N) is 4. The number of phosphoric acid groups is 3. The maximum atomic E-state index is 12.7. The van der Waals surface area contributed by atoms with Crippen molar-refractivity contribution in [3.05, 3.63) is 60.7 Å². The minimum absolute atomic E-state index is 0.0238. The van der Waals surface area contributed by atoms with Gasteiger partial charge in [-0.15, -0.1) is 0 Å². The Balaban J connectivity index is 1.01. The first-order valence-corrected chi connectivity index (χ1v) is 24.1. The van der Waals surface area contributed by atoms with E-state index < -0.39 is 84.6 Å². The van der Waals surface area contributed by atoms with Gasteiger partial charge >= 0.3 is 23.5 Å². The Morgan fingerprint density at radius 2 is 1.68 bits per heavy atom. The summed E-state index contributed by atoms with van der Waals surface area (Å²) >= 11 is 1.09. The fourth-order valence-corrected chi connectivity index (χ4v) is 9.52. The van der Waals surface area contributed by atoms with Crippen LogP contribution in [0.1, 0.15) is 38.5 Å². The smallest absolute Gasteiger partial charge is 0.386 e. The fraction of sp³-hybridized carbons (Fsp3) is 0.471. The van der Waals surface area contributed by atoms with Crippen LogP contribution in [0.3, 0.4) is 0 Å². The minimum Gasteiger partial charge on any atom is -0.386 e. The molecular weight excluding hydrogens is 903 g/mol. The number of nitrogens with two attached hydrogens (primary N) is 1. The normalized spacial score (nSPS) is 20.7. The highest BCUT2D eigenvalue weighted by Crippen LogP contribution is 2.61. The van der Waals surface area contributed by atoms with E-state index in [0.29, 0.717) is 18.6 Å². The number of amides is 2. The van der Waals surface area contributed by atoms with Gasteiger partial charge in [0.05, 0.1) is 19.5 Å². The highest BCUT2D eigenvalue weighted by molar-refractivity contribution is 8.13. The SMILES string of the molecule is CC(C)(COP(=O)(O)OP(=O)(O)OC[C@H]1O[C@@H](n2cnc3c(N)ncnc32)[C@H](O)[C@@H]1OP(=O)(O)O)[C@@H](O)C(=O)NCCC(=O)NCCSC(=O)CCc1ccc2ccccc2c1. The number of hydrogen-bond acceptors (Lipinski definition) is 18. The van der Waals surface area contributed by atoms with Gasteiger partial charge in [-0.3, -0.25) is 32.5 Å².